The van der Waals surface area contributed by atoms with E-state index in [9.17, 15) is 9.90 Å². The van der Waals surface area contributed by atoms with Crippen molar-refractivity contribution in [3.63, 3.8) is 0 Å². The molecule has 1 heterocycles. The predicted octanol–water partition coefficient (Wildman–Crippen LogP) is 3.29. The van der Waals surface area contributed by atoms with Crippen molar-refractivity contribution in [1.82, 2.24) is 4.90 Å². The van der Waals surface area contributed by atoms with Crippen LogP contribution >= 0.6 is 11.6 Å². The van der Waals surface area contributed by atoms with E-state index in [0.29, 0.717) is 30.2 Å². The fourth-order valence-corrected chi connectivity index (χ4v) is 3.14. The van der Waals surface area contributed by atoms with Gasteiger partial charge in [0.2, 0.25) is 0 Å². The molecule has 1 aliphatic rings. The normalized spacial score (nSPS) is 23.7. The third-order valence-electron chi connectivity index (χ3n) is 4.75. The van der Waals surface area contributed by atoms with Gasteiger partial charge < -0.3 is 20.1 Å². The third kappa shape index (κ3) is 3.79. The fourth-order valence-electron chi connectivity index (χ4n) is 2.96. The number of methoxy groups -OCH3 is 1. The summed E-state index contributed by atoms with van der Waals surface area (Å²) in [6, 6.07) is 5.23. The number of amides is 2. The number of carbonyl (C=O) groups excluding carboxylic acids is 1. The standard InChI is InChI=1S/C17H25ClN2O3/c1-12-5-6-13(18)9-14(12)19-15(21)20-8-7-17(22,11-23-4)16(2,3)10-20/h5-6,9,22H,7-8,10-11H2,1-4H3,(H,19,21)/t17-/m1/s1. The number of carbonyl (C=O) groups is 1. The number of aryl methyl sites for hydroxylation is 1. The monoisotopic (exact) mass is 340 g/mol. The van der Waals surface area contributed by atoms with Gasteiger partial charge in [-0.25, -0.2) is 4.79 Å². The number of benzene rings is 1. The van der Waals surface area contributed by atoms with E-state index >= 15 is 0 Å². The minimum atomic E-state index is -0.926. The van der Waals surface area contributed by atoms with Crippen LogP contribution in [0.4, 0.5) is 10.5 Å². The first-order chi connectivity index (χ1) is 10.7. The highest BCUT2D eigenvalue weighted by molar-refractivity contribution is 6.31. The van der Waals surface area contributed by atoms with Crippen LogP contribution in [-0.4, -0.2) is 48.4 Å². The maximum atomic E-state index is 12.5. The van der Waals surface area contributed by atoms with Crippen molar-refractivity contribution in [3.05, 3.63) is 28.8 Å². The van der Waals surface area contributed by atoms with Crippen LogP contribution in [-0.2, 0) is 4.74 Å². The molecule has 0 spiro atoms. The van der Waals surface area contributed by atoms with Crippen molar-refractivity contribution in [1.29, 1.82) is 0 Å². The summed E-state index contributed by atoms with van der Waals surface area (Å²) in [4.78, 5) is 14.3. The molecule has 2 rings (SSSR count). The lowest BCUT2D eigenvalue weighted by molar-refractivity contribution is -0.143. The van der Waals surface area contributed by atoms with Crippen LogP contribution in [0.15, 0.2) is 18.2 Å². The van der Waals surface area contributed by atoms with Crippen molar-refractivity contribution in [3.8, 4) is 0 Å². The van der Waals surface area contributed by atoms with Crippen molar-refractivity contribution in [2.75, 3.05) is 32.1 Å². The quantitative estimate of drug-likeness (QED) is 0.887. The molecule has 1 aromatic carbocycles. The molecule has 1 atom stereocenters. The van der Waals surface area contributed by atoms with Crippen LogP contribution in [0.3, 0.4) is 0 Å². The molecule has 0 radical (unpaired) electrons. The van der Waals surface area contributed by atoms with Gasteiger partial charge in [0.1, 0.15) is 0 Å². The number of nitrogens with zero attached hydrogens (tertiary/aromatic N) is 1. The summed E-state index contributed by atoms with van der Waals surface area (Å²) in [5.41, 5.74) is 0.278. The van der Waals surface area contributed by atoms with Crippen LogP contribution < -0.4 is 5.32 Å². The first-order valence-electron chi connectivity index (χ1n) is 7.72. The van der Waals surface area contributed by atoms with Gasteiger partial charge in [-0.05, 0) is 31.0 Å². The maximum Gasteiger partial charge on any atom is 0.321 e. The van der Waals surface area contributed by atoms with Gasteiger partial charge in [0.25, 0.3) is 0 Å². The lowest BCUT2D eigenvalue weighted by Crippen LogP contribution is -2.61. The van der Waals surface area contributed by atoms with Crippen molar-refractivity contribution in [2.45, 2.75) is 32.8 Å². The molecule has 2 amide bonds. The van der Waals surface area contributed by atoms with Gasteiger partial charge in [0.15, 0.2) is 0 Å². The number of ether oxygens (including phenoxy) is 1. The summed E-state index contributed by atoms with van der Waals surface area (Å²) in [5.74, 6) is 0. The Morgan fingerprint density at radius 3 is 2.78 bits per heavy atom. The molecule has 1 aliphatic heterocycles. The van der Waals surface area contributed by atoms with Crippen molar-refractivity contribution >= 4 is 23.3 Å². The van der Waals surface area contributed by atoms with E-state index in [1.54, 1.807) is 24.1 Å². The second kappa shape index (κ2) is 6.67. The second-order valence-corrected chi connectivity index (χ2v) is 7.35. The Balaban J connectivity index is 2.09. The van der Waals surface area contributed by atoms with Crippen LogP contribution in [0.5, 0.6) is 0 Å². The number of likely N-dealkylation sites (tertiary alicyclic amines) is 1. The summed E-state index contributed by atoms with van der Waals surface area (Å²) in [6.07, 6.45) is 0.482. The lowest BCUT2D eigenvalue weighted by atomic mass is 9.70. The lowest BCUT2D eigenvalue weighted by Gasteiger charge is -2.49. The van der Waals surface area contributed by atoms with Gasteiger partial charge in [0, 0.05) is 36.3 Å². The molecule has 0 aromatic heterocycles. The summed E-state index contributed by atoms with van der Waals surface area (Å²) < 4.78 is 5.16. The Labute approximate surface area is 142 Å². The second-order valence-electron chi connectivity index (χ2n) is 6.91. The van der Waals surface area contributed by atoms with Gasteiger partial charge in [-0.3, -0.25) is 0 Å². The third-order valence-corrected chi connectivity index (χ3v) is 4.99. The summed E-state index contributed by atoms with van der Waals surface area (Å²) in [5, 5.41) is 14.3. The average Bonchev–Trinajstić information content (AvgIpc) is 2.46. The molecule has 0 aliphatic carbocycles. The number of hydrogen-bond acceptors (Lipinski definition) is 3. The number of nitrogens with one attached hydrogen (secondary N) is 1. The van der Waals surface area contributed by atoms with Gasteiger partial charge >= 0.3 is 6.03 Å². The minimum Gasteiger partial charge on any atom is -0.387 e. The number of hydrogen-bond donors (Lipinski definition) is 2. The topological polar surface area (TPSA) is 61.8 Å². The molecule has 0 unspecified atom stereocenters. The van der Waals surface area contributed by atoms with E-state index < -0.39 is 11.0 Å². The molecule has 6 heteroatoms. The predicted molar refractivity (Wildman–Crippen MR) is 92.0 cm³/mol. The number of rotatable bonds is 3. The summed E-state index contributed by atoms with van der Waals surface area (Å²) in [7, 11) is 1.58. The van der Waals surface area contributed by atoms with E-state index in [4.69, 9.17) is 16.3 Å². The SMILES string of the molecule is COC[C@]1(O)CCN(C(=O)Nc2cc(Cl)ccc2C)CC1(C)C. The molecule has 23 heavy (non-hydrogen) atoms. The van der Waals surface area contributed by atoms with E-state index in [0.717, 1.165) is 5.56 Å². The molecule has 1 aromatic rings. The van der Waals surface area contributed by atoms with E-state index in [2.05, 4.69) is 5.32 Å². The van der Waals surface area contributed by atoms with Crippen LogP contribution in [0, 0.1) is 12.3 Å². The zero-order valence-corrected chi connectivity index (χ0v) is 14.9. The summed E-state index contributed by atoms with van der Waals surface area (Å²) in [6.45, 7) is 7.03. The van der Waals surface area contributed by atoms with Crippen LogP contribution in [0.2, 0.25) is 5.02 Å². The van der Waals surface area contributed by atoms with Gasteiger partial charge in [-0.15, -0.1) is 0 Å². The van der Waals surface area contributed by atoms with Gasteiger partial charge in [-0.1, -0.05) is 31.5 Å². The number of anilines is 1. The highest BCUT2D eigenvalue weighted by Gasteiger charge is 2.48. The highest BCUT2D eigenvalue weighted by atomic mass is 35.5. The van der Waals surface area contributed by atoms with Crippen LogP contribution in [0.1, 0.15) is 25.8 Å². The molecular formula is C17H25ClN2O3. The number of halogens is 1. The Morgan fingerprint density at radius 1 is 1.48 bits per heavy atom. The van der Waals surface area contributed by atoms with E-state index in [-0.39, 0.29) is 12.6 Å². The maximum absolute atomic E-state index is 12.5. The Bertz CT molecular complexity index is 591. The number of aliphatic hydroxyl groups is 1. The smallest absolute Gasteiger partial charge is 0.321 e. The molecule has 0 bridgehead atoms. The zero-order chi connectivity index (χ0) is 17.3. The van der Waals surface area contributed by atoms with Gasteiger partial charge in [-0.2, -0.15) is 0 Å². The molecule has 1 fully saturated rings. The average molecular weight is 341 g/mol. The first kappa shape index (κ1) is 18.0. The molecular weight excluding hydrogens is 316 g/mol. The molecule has 0 saturated carbocycles. The number of urea groups is 1. The number of piperidine rings is 1. The Hall–Kier alpha value is -1.30. The largest absolute Gasteiger partial charge is 0.387 e. The zero-order valence-electron chi connectivity index (χ0n) is 14.1. The van der Waals surface area contributed by atoms with E-state index in [1.807, 2.05) is 26.8 Å². The minimum absolute atomic E-state index is 0.178. The molecule has 1 saturated heterocycles. The summed E-state index contributed by atoms with van der Waals surface area (Å²) >= 11 is 5.99. The highest BCUT2D eigenvalue weighted by Crippen LogP contribution is 2.39. The fraction of sp³-hybridized carbons (Fsp3) is 0.588. The Morgan fingerprint density at radius 2 is 2.17 bits per heavy atom. The van der Waals surface area contributed by atoms with Crippen LogP contribution in [0.25, 0.3) is 0 Å². The Kier molecular flexibility index (Phi) is 5.23. The molecule has 128 valence electrons. The first-order valence-corrected chi connectivity index (χ1v) is 8.10. The van der Waals surface area contributed by atoms with Gasteiger partial charge in [0.05, 0.1) is 12.2 Å². The van der Waals surface area contributed by atoms with Crippen molar-refractivity contribution < 1.29 is 14.6 Å². The van der Waals surface area contributed by atoms with Crippen molar-refractivity contribution in [2.24, 2.45) is 5.41 Å². The van der Waals surface area contributed by atoms with E-state index in [1.165, 1.54) is 0 Å². The molecule has 2 N–H and O–H groups in total. The molecule has 5 nitrogen and oxygen atoms in total.